The molecule has 0 amide bonds. The Morgan fingerprint density at radius 2 is 1.54 bits per heavy atom. The van der Waals surface area contributed by atoms with Gasteiger partial charge in [0.15, 0.2) is 0 Å². The number of benzene rings is 4. The van der Waals surface area contributed by atoms with Crippen molar-refractivity contribution in [2.45, 2.75) is 57.8 Å². The topological polar surface area (TPSA) is 25.8 Å². The maximum absolute atomic E-state index is 8.40. The molecule has 48 heavy (non-hydrogen) atoms. The molecule has 0 aliphatic rings. The first-order valence-electron chi connectivity index (χ1n) is 16.7. The van der Waals surface area contributed by atoms with E-state index in [1.54, 1.807) is 11.3 Å². The number of aromatic nitrogens is 2. The van der Waals surface area contributed by atoms with E-state index in [0.717, 1.165) is 28.1 Å². The predicted molar refractivity (Wildman–Crippen MR) is 207 cm³/mol. The van der Waals surface area contributed by atoms with E-state index in [4.69, 9.17) is 1.37 Å². The molecule has 0 bridgehead atoms. The molecule has 1 radical (unpaired) electrons. The zero-order valence-corrected chi connectivity index (χ0v) is 34.3. The molecule has 3 aromatic heterocycles. The van der Waals surface area contributed by atoms with Crippen LogP contribution in [-0.2, 0) is 20.1 Å². The van der Waals surface area contributed by atoms with Crippen LogP contribution < -0.4 is 4.40 Å². The summed E-state index contributed by atoms with van der Waals surface area (Å²) in [6.45, 7) is 10.4. The summed E-state index contributed by atoms with van der Waals surface area (Å²) in [7, 11) is 0. The van der Waals surface area contributed by atoms with Crippen LogP contribution >= 0.6 is 11.3 Å². The van der Waals surface area contributed by atoms with Crippen molar-refractivity contribution < 1.29 is 21.5 Å². The molecule has 245 valence electrons. The van der Waals surface area contributed by atoms with Crippen molar-refractivity contribution in [3.63, 3.8) is 0 Å². The second kappa shape index (κ2) is 15.0. The van der Waals surface area contributed by atoms with E-state index in [2.05, 4.69) is 109 Å². The first-order chi connectivity index (χ1) is 22.8. The molecular formula is C43H42GeIrN2S-2. The zero-order valence-electron chi connectivity index (χ0n) is 30.0. The number of nitrogens with zero attached hydrogens (tertiary/aromatic N) is 2. The molecule has 7 aromatic rings. The number of aryl methyl sites for hydroxylation is 3. The first-order valence-corrected chi connectivity index (χ1v) is 24.3. The van der Waals surface area contributed by atoms with E-state index in [-0.39, 0.29) is 20.1 Å². The standard InChI is InChI=1S/C29H26NS.C14H16GeN.Ir/c1-17(2)21-11-12-30-26(15-21)25-8-6-7-24-23-10-9-22(16-27(23)31-29(24)25)28-19(4)13-18(3)14-20(28)5;1-15(2,3)13-9-10-14(16-11-13)12-7-5-4-6-8-12;/h6-7,9-17H,1-5H3;4-7,9-11H,1-3H3;/q2*-1;/i17D;;. The number of rotatable bonds is 5. The third kappa shape index (κ3) is 7.74. The Bertz CT molecular complexity index is 2210. The molecule has 4 aromatic carbocycles. The Morgan fingerprint density at radius 1 is 0.771 bits per heavy atom. The Kier molecular flexibility index (Phi) is 10.8. The van der Waals surface area contributed by atoms with Gasteiger partial charge in [0.25, 0.3) is 0 Å². The van der Waals surface area contributed by atoms with Gasteiger partial charge in [0.05, 0.1) is 0 Å². The smallest absolute Gasteiger partial charge is 0 e. The molecule has 0 N–H and O–H groups in total. The number of thiophene rings is 1. The van der Waals surface area contributed by atoms with Crippen LogP contribution in [0.4, 0.5) is 0 Å². The third-order valence-corrected chi connectivity index (χ3v) is 14.0. The molecule has 0 saturated carbocycles. The second-order valence-corrected chi connectivity index (χ2v) is 25.3. The number of fused-ring (bicyclic) bond motifs is 3. The molecule has 0 unspecified atom stereocenters. The summed E-state index contributed by atoms with van der Waals surface area (Å²) in [6.07, 6.45) is 3.85. The van der Waals surface area contributed by atoms with Crippen molar-refractivity contribution in [3.8, 4) is 33.6 Å². The van der Waals surface area contributed by atoms with Gasteiger partial charge in [-0.2, -0.15) is 11.3 Å². The molecule has 3 heterocycles. The Hall–Kier alpha value is -3.41. The Balaban J connectivity index is 0.000000233. The molecule has 0 aliphatic carbocycles. The van der Waals surface area contributed by atoms with Crippen LogP contribution in [0.3, 0.4) is 0 Å². The number of hydrogen-bond acceptors (Lipinski definition) is 3. The molecule has 0 fully saturated rings. The minimum absolute atomic E-state index is 0. The minimum Gasteiger partial charge on any atom is 0 e. The largest absolute Gasteiger partial charge is 0 e. The van der Waals surface area contributed by atoms with Crippen LogP contribution in [0.15, 0.2) is 103 Å². The van der Waals surface area contributed by atoms with Crippen molar-refractivity contribution in [2.75, 3.05) is 0 Å². The van der Waals surface area contributed by atoms with Crippen LogP contribution in [0.25, 0.3) is 53.8 Å². The number of pyridine rings is 2. The van der Waals surface area contributed by atoms with Crippen LogP contribution in [0.5, 0.6) is 0 Å². The summed E-state index contributed by atoms with van der Waals surface area (Å²) in [5, 5.41) is 2.50. The fourth-order valence-corrected chi connectivity index (χ4v) is 9.57. The molecular weight excluding hydrogens is 841 g/mol. The van der Waals surface area contributed by atoms with Crippen LogP contribution in [-0.4, -0.2) is 23.2 Å². The van der Waals surface area contributed by atoms with Crippen LogP contribution in [0.2, 0.25) is 17.3 Å². The first kappa shape index (κ1) is 34.5. The van der Waals surface area contributed by atoms with Crippen molar-refractivity contribution in [1.82, 2.24) is 9.97 Å². The van der Waals surface area contributed by atoms with E-state index in [1.807, 2.05) is 68.7 Å². The maximum Gasteiger partial charge on any atom is 0 e. The van der Waals surface area contributed by atoms with Crippen LogP contribution in [0.1, 0.15) is 43.4 Å². The number of hydrogen-bond donors (Lipinski definition) is 0. The Labute approximate surface area is 307 Å². The summed E-state index contributed by atoms with van der Waals surface area (Å²) in [4.78, 5) is 9.16. The fourth-order valence-electron chi connectivity index (χ4n) is 6.15. The molecule has 5 heteroatoms. The van der Waals surface area contributed by atoms with E-state index in [9.17, 15) is 0 Å². The van der Waals surface area contributed by atoms with Crippen molar-refractivity contribution in [3.05, 3.63) is 138 Å². The van der Waals surface area contributed by atoms with E-state index in [0.29, 0.717) is 0 Å². The zero-order chi connectivity index (χ0) is 34.2. The van der Waals surface area contributed by atoms with Gasteiger partial charge in [-0.15, -0.1) is 23.8 Å². The van der Waals surface area contributed by atoms with Crippen molar-refractivity contribution in [1.29, 1.82) is 0 Å². The van der Waals surface area contributed by atoms with Gasteiger partial charge in [-0.05, 0) is 76.8 Å². The van der Waals surface area contributed by atoms with Gasteiger partial charge in [-0.3, -0.25) is 0 Å². The molecule has 0 aliphatic heterocycles. The normalized spacial score (nSPS) is 11.9. The average molecular weight is 885 g/mol. The summed E-state index contributed by atoms with van der Waals surface area (Å²) < 4.78 is 12.3. The van der Waals surface area contributed by atoms with Gasteiger partial charge in [0.1, 0.15) is 0 Å². The van der Waals surface area contributed by atoms with Crippen molar-refractivity contribution >= 4 is 49.2 Å². The van der Waals surface area contributed by atoms with E-state index >= 15 is 0 Å². The average Bonchev–Trinajstić information content (AvgIpc) is 3.42. The van der Waals surface area contributed by atoms with Gasteiger partial charge in [-0.1, -0.05) is 60.7 Å². The van der Waals surface area contributed by atoms with E-state index in [1.165, 1.54) is 52.4 Å². The van der Waals surface area contributed by atoms with Gasteiger partial charge in [0.2, 0.25) is 0 Å². The van der Waals surface area contributed by atoms with Crippen LogP contribution in [0, 0.1) is 32.9 Å². The molecule has 0 spiro atoms. The minimum atomic E-state index is -1.72. The van der Waals surface area contributed by atoms with E-state index < -0.39 is 19.2 Å². The molecule has 0 saturated heterocycles. The monoisotopic (exact) mass is 886 g/mol. The van der Waals surface area contributed by atoms with Gasteiger partial charge in [0, 0.05) is 32.4 Å². The SMILES string of the molecule is [2H]C(C)(C)c1ccnc(-c2[c-]ccc3c2sc2cc(-c4c(C)cc(C)cc4C)ccc23)c1.[CH3][Ge]([CH3])([CH3])[c]1ccc(-c2[c-]cccc2)nc1.[Ir]. The van der Waals surface area contributed by atoms with Gasteiger partial charge >= 0.3 is 99.8 Å². The third-order valence-electron chi connectivity index (χ3n) is 8.61. The quantitative estimate of drug-likeness (QED) is 0.127. The van der Waals surface area contributed by atoms with Crippen molar-refractivity contribution in [2.24, 2.45) is 0 Å². The van der Waals surface area contributed by atoms with Gasteiger partial charge in [-0.25, -0.2) is 0 Å². The maximum atomic E-state index is 8.40. The summed E-state index contributed by atoms with van der Waals surface area (Å²) >= 11 is 0.0862. The summed E-state index contributed by atoms with van der Waals surface area (Å²) in [5.74, 6) is 6.48. The summed E-state index contributed by atoms with van der Waals surface area (Å²) in [6, 6.07) is 38.4. The second-order valence-electron chi connectivity index (χ2n) is 13.6. The molecule has 2 nitrogen and oxygen atoms in total. The van der Waals surface area contributed by atoms with Gasteiger partial charge < -0.3 is 4.98 Å². The molecule has 0 atom stereocenters. The molecule has 7 rings (SSSR count). The Morgan fingerprint density at radius 3 is 2.19 bits per heavy atom. The summed E-state index contributed by atoms with van der Waals surface area (Å²) in [5.41, 5.74) is 11.5. The fraction of sp³-hybridized carbons (Fsp3) is 0.209. The predicted octanol–water partition coefficient (Wildman–Crippen LogP) is 11.7.